The molecule has 2 aromatic carbocycles. The molecular weight excluding hydrogens is 544 g/mol. The van der Waals surface area contributed by atoms with Crippen molar-refractivity contribution in [2.75, 3.05) is 19.8 Å². The van der Waals surface area contributed by atoms with Gasteiger partial charge in [-0.05, 0) is 55.5 Å². The fourth-order valence-corrected chi connectivity index (χ4v) is 5.23. The third-order valence-corrected chi connectivity index (χ3v) is 7.55. The number of imidazole rings is 1. The first-order valence-electron chi connectivity index (χ1n) is 12.5. The summed E-state index contributed by atoms with van der Waals surface area (Å²) in [5.41, 5.74) is -4.73. The van der Waals surface area contributed by atoms with Gasteiger partial charge in [-0.2, -0.15) is 26.3 Å². The quantitative estimate of drug-likeness (QED) is 0.283. The second kappa shape index (κ2) is 10.9. The molecule has 0 bridgehead atoms. The number of aromatic nitrogens is 2. The van der Waals surface area contributed by atoms with Crippen LogP contribution in [0.3, 0.4) is 0 Å². The summed E-state index contributed by atoms with van der Waals surface area (Å²) in [5, 5.41) is 22.9. The van der Waals surface area contributed by atoms with Crippen LogP contribution in [-0.4, -0.2) is 39.5 Å². The van der Waals surface area contributed by atoms with E-state index in [1.807, 2.05) is 12.1 Å². The molecule has 0 aliphatic carbocycles. The maximum atomic E-state index is 13.4. The third-order valence-electron chi connectivity index (χ3n) is 7.55. The van der Waals surface area contributed by atoms with Gasteiger partial charge in [0.2, 0.25) is 5.88 Å². The van der Waals surface area contributed by atoms with E-state index in [9.17, 15) is 41.4 Å². The molecule has 0 radical (unpaired) electrons. The van der Waals surface area contributed by atoms with Gasteiger partial charge in [-0.1, -0.05) is 30.3 Å². The molecule has 1 aliphatic heterocycles. The van der Waals surface area contributed by atoms with Crippen LogP contribution >= 0.6 is 0 Å². The van der Waals surface area contributed by atoms with Crippen molar-refractivity contribution in [1.82, 2.24) is 14.9 Å². The number of rotatable bonds is 8. The van der Waals surface area contributed by atoms with E-state index < -0.39 is 46.4 Å². The van der Waals surface area contributed by atoms with Crippen molar-refractivity contribution in [1.29, 1.82) is 0 Å². The van der Waals surface area contributed by atoms with Gasteiger partial charge in [0.05, 0.1) is 41.1 Å². The molecule has 0 unspecified atom stereocenters. The third kappa shape index (κ3) is 6.06. The van der Waals surface area contributed by atoms with E-state index in [0.717, 1.165) is 5.56 Å². The first kappa shape index (κ1) is 29.7. The van der Waals surface area contributed by atoms with Crippen LogP contribution in [0.4, 0.5) is 26.3 Å². The predicted octanol–water partition coefficient (Wildman–Crippen LogP) is 5.05. The first-order valence-corrected chi connectivity index (χ1v) is 12.5. The fraction of sp³-hybridized carbons (Fsp3) is 0.444. The van der Waals surface area contributed by atoms with E-state index >= 15 is 0 Å². The molecule has 7 nitrogen and oxygen atoms in total. The number of alkyl halides is 6. The second-order valence-corrected chi connectivity index (χ2v) is 10.1. The summed E-state index contributed by atoms with van der Waals surface area (Å²) in [6, 6.07) is 10.4. The van der Waals surface area contributed by atoms with Gasteiger partial charge in [-0.15, -0.1) is 0 Å². The van der Waals surface area contributed by atoms with Crippen molar-refractivity contribution in [3.8, 4) is 5.88 Å². The number of nitrogens with one attached hydrogen (secondary N) is 2. The van der Waals surface area contributed by atoms with Crippen LogP contribution in [0, 0.1) is 0 Å². The summed E-state index contributed by atoms with van der Waals surface area (Å²) < 4.78 is 87.6. The zero-order valence-corrected chi connectivity index (χ0v) is 21.4. The average molecular weight is 574 g/mol. The van der Waals surface area contributed by atoms with Gasteiger partial charge < -0.3 is 20.3 Å². The summed E-state index contributed by atoms with van der Waals surface area (Å²) in [4.78, 5) is 14.8. The Hall–Kier alpha value is -3.29. The molecule has 1 aliphatic rings. The van der Waals surface area contributed by atoms with E-state index in [1.54, 1.807) is 18.2 Å². The van der Waals surface area contributed by atoms with Crippen LogP contribution in [-0.2, 0) is 28.2 Å². The largest absolute Gasteiger partial charge is 0.493 e. The van der Waals surface area contributed by atoms with E-state index in [1.165, 1.54) is 17.7 Å². The minimum atomic E-state index is -4.98. The van der Waals surface area contributed by atoms with Crippen LogP contribution in [0.2, 0.25) is 0 Å². The number of aliphatic hydroxyl groups is 1. The number of hydrogen-bond acceptors (Lipinski definition) is 5. The molecule has 0 saturated carbocycles. The van der Waals surface area contributed by atoms with Gasteiger partial charge in [0.25, 0.3) is 0 Å². The standard InChI is InChI=1S/C27H29F6N3O4/c1-17(18-11-20(26(28,29)30)13-21(12-18)27(31,32)33)40-16-25(19-5-3-2-4-6-19)8-7-24(9-10-37,15-34-25)36-14-22(38)35-23(36)39/h2-6,11-14,17,34,37-38H,7-10,15-16H2,1H3,(H,35,39)/t17-,24-,25-/m1/s1. The number of halogens is 6. The number of nitrogens with zero attached hydrogens (tertiary/aromatic N) is 1. The van der Waals surface area contributed by atoms with Crippen LogP contribution < -0.4 is 11.0 Å². The monoisotopic (exact) mass is 573 g/mol. The molecule has 3 atom stereocenters. The molecule has 4 rings (SSSR count). The van der Waals surface area contributed by atoms with Gasteiger partial charge in [-0.25, -0.2) is 4.79 Å². The highest BCUT2D eigenvalue weighted by atomic mass is 19.4. The lowest BCUT2D eigenvalue weighted by Crippen LogP contribution is -2.60. The number of aromatic hydroxyl groups is 1. The van der Waals surface area contributed by atoms with Gasteiger partial charge in [0.15, 0.2) is 0 Å². The Morgan fingerprint density at radius 3 is 2.12 bits per heavy atom. The molecule has 0 amide bonds. The Kier molecular flexibility index (Phi) is 8.12. The Bertz CT molecular complexity index is 1330. The molecule has 0 spiro atoms. The lowest BCUT2D eigenvalue weighted by atomic mass is 9.75. The summed E-state index contributed by atoms with van der Waals surface area (Å²) in [5.74, 6) is -0.335. The van der Waals surface area contributed by atoms with Crippen molar-refractivity contribution >= 4 is 0 Å². The summed E-state index contributed by atoms with van der Waals surface area (Å²) in [6.45, 7) is 1.18. The smallest absolute Gasteiger partial charge is 0.416 e. The van der Waals surface area contributed by atoms with Gasteiger partial charge >= 0.3 is 18.0 Å². The number of hydrogen-bond donors (Lipinski definition) is 4. The highest BCUT2D eigenvalue weighted by Crippen LogP contribution is 2.41. The summed E-state index contributed by atoms with van der Waals surface area (Å²) in [6.07, 6.45) is -8.98. The number of aliphatic hydroxyl groups excluding tert-OH is 1. The van der Waals surface area contributed by atoms with Crippen LogP contribution in [0.15, 0.2) is 59.5 Å². The van der Waals surface area contributed by atoms with Gasteiger partial charge in [0.1, 0.15) is 0 Å². The van der Waals surface area contributed by atoms with Crippen molar-refractivity contribution < 1.29 is 41.3 Å². The van der Waals surface area contributed by atoms with Crippen LogP contribution in [0.5, 0.6) is 5.88 Å². The maximum Gasteiger partial charge on any atom is 0.416 e. The number of piperidine rings is 1. The minimum absolute atomic E-state index is 0.0753. The van der Waals surface area contributed by atoms with Crippen molar-refractivity contribution in [3.05, 3.63) is 87.5 Å². The maximum absolute atomic E-state index is 13.4. The van der Waals surface area contributed by atoms with Crippen molar-refractivity contribution in [2.45, 2.75) is 55.7 Å². The Morgan fingerprint density at radius 1 is 1.02 bits per heavy atom. The van der Waals surface area contributed by atoms with Gasteiger partial charge in [0, 0.05) is 13.2 Å². The fourth-order valence-electron chi connectivity index (χ4n) is 5.23. The van der Waals surface area contributed by atoms with Crippen molar-refractivity contribution in [2.24, 2.45) is 0 Å². The predicted molar refractivity (Wildman–Crippen MR) is 133 cm³/mol. The molecule has 1 aromatic heterocycles. The zero-order valence-electron chi connectivity index (χ0n) is 21.4. The van der Waals surface area contributed by atoms with E-state index in [-0.39, 0.29) is 43.7 Å². The first-order chi connectivity index (χ1) is 18.7. The summed E-state index contributed by atoms with van der Waals surface area (Å²) in [7, 11) is 0. The molecular formula is C27H29F6N3O4. The average Bonchev–Trinajstić information content (AvgIpc) is 3.26. The molecule has 2 heterocycles. The molecule has 3 aromatic rings. The van der Waals surface area contributed by atoms with E-state index in [4.69, 9.17) is 4.74 Å². The zero-order chi connectivity index (χ0) is 29.3. The van der Waals surface area contributed by atoms with E-state index in [2.05, 4.69) is 10.3 Å². The second-order valence-electron chi connectivity index (χ2n) is 10.1. The molecule has 218 valence electrons. The molecule has 1 saturated heterocycles. The number of H-pyrrole nitrogens is 1. The summed E-state index contributed by atoms with van der Waals surface area (Å²) >= 11 is 0. The number of aromatic amines is 1. The number of benzene rings is 2. The Labute approximate surface area is 225 Å². The lowest BCUT2D eigenvalue weighted by molar-refractivity contribution is -0.143. The topological polar surface area (TPSA) is 99.5 Å². The Morgan fingerprint density at radius 2 is 1.65 bits per heavy atom. The molecule has 1 fully saturated rings. The normalized spacial score (nSPS) is 22.8. The van der Waals surface area contributed by atoms with Gasteiger partial charge in [-0.3, -0.25) is 9.55 Å². The van der Waals surface area contributed by atoms with Crippen LogP contribution in [0.25, 0.3) is 0 Å². The van der Waals surface area contributed by atoms with E-state index in [0.29, 0.717) is 25.0 Å². The number of ether oxygens (including phenoxy) is 1. The lowest BCUT2D eigenvalue weighted by Gasteiger charge is -2.48. The molecule has 13 heteroatoms. The Balaban J connectivity index is 1.64. The SMILES string of the molecule is C[C@@H](OC[C@@]1(c2ccccc2)CC[C@](CCO)(n2cc(O)[nH]c2=O)CN1)c1cc(C(F)(F)F)cc(C(F)(F)F)c1. The highest BCUT2D eigenvalue weighted by molar-refractivity contribution is 5.35. The molecule has 4 N–H and O–H groups in total. The van der Waals surface area contributed by atoms with Crippen molar-refractivity contribution in [3.63, 3.8) is 0 Å². The minimum Gasteiger partial charge on any atom is -0.493 e. The van der Waals surface area contributed by atoms with Crippen LogP contribution in [0.1, 0.15) is 54.5 Å². The highest BCUT2D eigenvalue weighted by Gasteiger charge is 2.46. The molecule has 40 heavy (non-hydrogen) atoms.